The normalized spacial score (nSPS) is 20.1. The van der Waals surface area contributed by atoms with E-state index in [-0.39, 0.29) is 18.3 Å². The average molecular weight is 277 g/mol. The summed E-state index contributed by atoms with van der Waals surface area (Å²) in [7, 11) is 1.52. The van der Waals surface area contributed by atoms with Crippen LogP contribution in [0.3, 0.4) is 0 Å². The highest BCUT2D eigenvalue weighted by Gasteiger charge is 2.52. The number of likely N-dealkylation sites (N-methyl/N-ethyl adjacent to an activating group) is 1. The highest BCUT2D eigenvalue weighted by Crippen LogP contribution is 2.37. The highest BCUT2D eigenvalue weighted by atomic mass is 16.7. The third-order valence-corrected chi connectivity index (χ3v) is 4.04. The average Bonchev–Trinajstić information content (AvgIpc) is 2.59. The molecule has 5 heteroatoms. The molecule has 0 bridgehead atoms. The zero-order chi connectivity index (χ0) is 14.8. The molecule has 0 radical (unpaired) electrons. The van der Waals surface area contributed by atoms with E-state index in [4.69, 9.17) is 14.0 Å². The fraction of sp³-hybridized carbons (Fsp3) is 0.600. The number of rotatable bonds is 5. The number of hydrogen-bond acceptors (Lipinski definition) is 4. The standard InChI is InChI=1S/C15H24BNO3/c1-14(2)15(3,4)20-16(19-14)12-8-6-7-9-13(12)18-11-10-17-5/h6-9,17H,10-11H2,1-5H3. The van der Waals surface area contributed by atoms with Crippen LogP contribution in [0.15, 0.2) is 24.3 Å². The van der Waals surface area contributed by atoms with Crippen LogP contribution in [0.4, 0.5) is 0 Å². The van der Waals surface area contributed by atoms with Gasteiger partial charge < -0.3 is 19.4 Å². The van der Waals surface area contributed by atoms with Crippen LogP contribution in [-0.4, -0.2) is 38.5 Å². The molecule has 0 unspecified atom stereocenters. The van der Waals surface area contributed by atoms with Crippen LogP contribution in [0.1, 0.15) is 27.7 Å². The first-order chi connectivity index (χ1) is 9.37. The van der Waals surface area contributed by atoms with Gasteiger partial charge in [-0.05, 0) is 40.8 Å². The lowest BCUT2D eigenvalue weighted by Gasteiger charge is -2.32. The van der Waals surface area contributed by atoms with Crippen molar-refractivity contribution in [2.75, 3.05) is 20.2 Å². The first-order valence-corrected chi connectivity index (χ1v) is 7.09. The van der Waals surface area contributed by atoms with E-state index in [0.29, 0.717) is 6.61 Å². The van der Waals surface area contributed by atoms with Gasteiger partial charge in [0.2, 0.25) is 0 Å². The molecule has 0 atom stereocenters. The molecule has 1 aromatic rings. The zero-order valence-electron chi connectivity index (χ0n) is 13.0. The van der Waals surface area contributed by atoms with Gasteiger partial charge in [0, 0.05) is 12.0 Å². The second kappa shape index (κ2) is 5.76. The third kappa shape index (κ3) is 3.00. The molecule has 110 valence electrons. The lowest BCUT2D eigenvalue weighted by atomic mass is 9.78. The minimum atomic E-state index is -0.384. The fourth-order valence-corrected chi connectivity index (χ4v) is 2.04. The van der Waals surface area contributed by atoms with Gasteiger partial charge >= 0.3 is 7.12 Å². The summed E-state index contributed by atoms with van der Waals surface area (Å²) >= 11 is 0. The van der Waals surface area contributed by atoms with Crippen molar-refractivity contribution >= 4 is 12.6 Å². The summed E-state index contributed by atoms with van der Waals surface area (Å²) in [6, 6.07) is 7.89. The van der Waals surface area contributed by atoms with E-state index in [1.54, 1.807) is 0 Å². The van der Waals surface area contributed by atoms with Crippen molar-refractivity contribution in [3.8, 4) is 5.75 Å². The molecule has 0 saturated carbocycles. The molecule has 20 heavy (non-hydrogen) atoms. The molecular formula is C15H24BNO3. The summed E-state index contributed by atoms with van der Waals surface area (Å²) < 4.78 is 18.0. The van der Waals surface area contributed by atoms with Gasteiger partial charge in [0.05, 0.1) is 11.2 Å². The van der Waals surface area contributed by atoms with Gasteiger partial charge in [-0.3, -0.25) is 0 Å². The molecule has 0 aliphatic carbocycles. The van der Waals surface area contributed by atoms with Crippen molar-refractivity contribution in [1.29, 1.82) is 0 Å². The van der Waals surface area contributed by atoms with E-state index in [9.17, 15) is 0 Å². The first-order valence-electron chi connectivity index (χ1n) is 7.09. The Balaban J connectivity index is 2.17. The Hall–Kier alpha value is -1.04. The monoisotopic (exact) mass is 277 g/mol. The predicted octanol–water partition coefficient (Wildman–Crippen LogP) is 1.58. The van der Waals surface area contributed by atoms with Crippen LogP contribution in [0.25, 0.3) is 0 Å². The topological polar surface area (TPSA) is 39.7 Å². The molecule has 1 N–H and O–H groups in total. The Labute approximate surface area is 121 Å². The van der Waals surface area contributed by atoms with E-state index in [0.717, 1.165) is 17.8 Å². The number of nitrogens with one attached hydrogen (secondary N) is 1. The number of ether oxygens (including phenoxy) is 1. The van der Waals surface area contributed by atoms with Gasteiger partial charge in [-0.15, -0.1) is 0 Å². The molecule has 1 aliphatic heterocycles. The number of benzene rings is 1. The number of para-hydroxylation sites is 1. The molecule has 0 amide bonds. The summed E-state index contributed by atoms with van der Waals surface area (Å²) in [5.41, 5.74) is 0.271. The fourth-order valence-electron chi connectivity index (χ4n) is 2.04. The SMILES string of the molecule is CNCCOc1ccccc1B1OC(C)(C)C(C)(C)O1. The Morgan fingerprint density at radius 2 is 1.70 bits per heavy atom. The molecule has 4 nitrogen and oxygen atoms in total. The summed E-state index contributed by atoms with van der Waals surface area (Å²) in [6.07, 6.45) is 0. The molecule has 1 saturated heterocycles. The van der Waals surface area contributed by atoms with Gasteiger partial charge in [-0.2, -0.15) is 0 Å². The van der Waals surface area contributed by atoms with Gasteiger partial charge in [0.1, 0.15) is 12.4 Å². The summed E-state index contributed by atoms with van der Waals surface area (Å²) in [5.74, 6) is 0.821. The summed E-state index contributed by atoms with van der Waals surface area (Å²) in [6.45, 7) is 9.63. The van der Waals surface area contributed by atoms with Crippen LogP contribution in [0.2, 0.25) is 0 Å². The van der Waals surface area contributed by atoms with Crippen molar-refractivity contribution in [3.05, 3.63) is 24.3 Å². The molecule has 0 aromatic heterocycles. The van der Waals surface area contributed by atoms with Gasteiger partial charge in [0.15, 0.2) is 0 Å². The maximum Gasteiger partial charge on any atom is 0.498 e. The summed E-state index contributed by atoms with van der Waals surface area (Å²) in [4.78, 5) is 0. The van der Waals surface area contributed by atoms with E-state index in [1.807, 2.05) is 31.3 Å². The molecule has 1 heterocycles. The lowest BCUT2D eigenvalue weighted by Crippen LogP contribution is -2.41. The van der Waals surface area contributed by atoms with Crippen LogP contribution in [0, 0.1) is 0 Å². The van der Waals surface area contributed by atoms with Gasteiger partial charge in [-0.25, -0.2) is 0 Å². The Kier molecular flexibility index (Phi) is 4.42. The summed E-state index contributed by atoms with van der Waals surface area (Å²) in [5, 5.41) is 3.07. The minimum absolute atomic E-state index is 0.338. The smallest absolute Gasteiger partial charge is 0.493 e. The Morgan fingerprint density at radius 3 is 2.30 bits per heavy atom. The van der Waals surface area contributed by atoms with E-state index < -0.39 is 0 Å². The maximum absolute atomic E-state index is 6.08. The largest absolute Gasteiger partial charge is 0.498 e. The van der Waals surface area contributed by atoms with Crippen molar-refractivity contribution in [1.82, 2.24) is 5.32 Å². The second-order valence-electron chi connectivity index (χ2n) is 6.08. The maximum atomic E-state index is 6.08. The quantitative estimate of drug-likeness (QED) is 0.655. The van der Waals surface area contributed by atoms with Crippen molar-refractivity contribution < 1.29 is 14.0 Å². The Morgan fingerprint density at radius 1 is 1.10 bits per heavy atom. The van der Waals surface area contributed by atoms with Gasteiger partial charge in [0.25, 0.3) is 0 Å². The lowest BCUT2D eigenvalue weighted by molar-refractivity contribution is 0.00578. The van der Waals surface area contributed by atoms with E-state index >= 15 is 0 Å². The van der Waals surface area contributed by atoms with E-state index in [2.05, 4.69) is 33.0 Å². The second-order valence-corrected chi connectivity index (χ2v) is 6.08. The van der Waals surface area contributed by atoms with Gasteiger partial charge in [-0.1, -0.05) is 18.2 Å². The van der Waals surface area contributed by atoms with E-state index in [1.165, 1.54) is 0 Å². The minimum Gasteiger partial charge on any atom is -0.493 e. The van der Waals surface area contributed by atoms with Crippen LogP contribution >= 0.6 is 0 Å². The molecule has 1 aromatic carbocycles. The Bertz CT molecular complexity index is 446. The highest BCUT2D eigenvalue weighted by molar-refractivity contribution is 6.63. The van der Waals surface area contributed by atoms with Crippen LogP contribution in [-0.2, 0) is 9.31 Å². The van der Waals surface area contributed by atoms with Crippen molar-refractivity contribution in [3.63, 3.8) is 0 Å². The molecule has 1 fully saturated rings. The zero-order valence-corrected chi connectivity index (χ0v) is 13.0. The van der Waals surface area contributed by atoms with Crippen molar-refractivity contribution in [2.24, 2.45) is 0 Å². The molecule has 1 aliphatic rings. The van der Waals surface area contributed by atoms with Crippen molar-refractivity contribution in [2.45, 2.75) is 38.9 Å². The van der Waals surface area contributed by atoms with Crippen LogP contribution < -0.4 is 15.5 Å². The van der Waals surface area contributed by atoms with Crippen LogP contribution in [0.5, 0.6) is 5.75 Å². The molecule has 0 spiro atoms. The molecule has 2 rings (SSSR count). The molecular weight excluding hydrogens is 253 g/mol. The number of hydrogen-bond donors (Lipinski definition) is 1. The third-order valence-electron chi connectivity index (χ3n) is 4.04. The first kappa shape index (κ1) is 15.4. The predicted molar refractivity (Wildman–Crippen MR) is 81.6 cm³/mol.